The lowest BCUT2D eigenvalue weighted by atomic mass is 10.0. The number of carbonyl (C=O) groups excluding carboxylic acids is 3. The molecule has 0 aliphatic carbocycles. The number of carboxylic acids is 2. The van der Waals surface area contributed by atoms with Crippen LogP contribution in [-0.2, 0) is 30.4 Å². The Kier molecular flexibility index (Phi) is 10.7. The van der Waals surface area contributed by atoms with Gasteiger partial charge in [-0.2, -0.15) is 0 Å². The van der Waals surface area contributed by atoms with Crippen LogP contribution in [0.4, 0.5) is 0 Å². The summed E-state index contributed by atoms with van der Waals surface area (Å²) in [6.07, 6.45) is -1.13. The molecule has 0 aromatic heterocycles. The monoisotopic (exact) mass is 470 g/mol. The largest absolute Gasteiger partial charge is 0.508 e. The van der Waals surface area contributed by atoms with Gasteiger partial charge in [0.1, 0.15) is 29.9 Å². The van der Waals surface area contributed by atoms with Crippen LogP contribution in [0.25, 0.3) is 0 Å². The fourth-order valence-electron chi connectivity index (χ4n) is 2.55. The molecule has 3 amide bonds. The second kappa shape index (κ2) is 12.9. The molecule has 1 rings (SSSR count). The van der Waals surface area contributed by atoms with Crippen LogP contribution in [-0.4, -0.2) is 92.6 Å². The number of nitrogens with one attached hydrogen (secondary N) is 3. The summed E-state index contributed by atoms with van der Waals surface area (Å²) >= 11 is 0. The predicted molar refractivity (Wildman–Crippen MR) is 110 cm³/mol. The molecule has 0 spiro atoms. The van der Waals surface area contributed by atoms with Crippen LogP contribution in [0.1, 0.15) is 12.0 Å². The lowest BCUT2D eigenvalue weighted by molar-refractivity contribution is -0.147. The van der Waals surface area contributed by atoms with Gasteiger partial charge in [0, 0.05) is 6.42 Å². The number of rotatable bonds is 13. The van der Waals surface area contributed by atoms with Crippen LogP contribution in [0.3, 0.4) is 0 Å². The molecule has 4 unspecified atom stereocenters. The maximum absolute atomic E-state index is 12.7. The van der Waals surface area contributed by atoms with Gasteiger partial charge in [-0.05, 0) is 17.7 Å². The van der Waals surface area contributed by atoms with Gasteiger partial charge in [0.05, 0.1) is 19.6 Å². The summed E-state index contributed by atoms with van der Waals surface area (Å²) < 4.78 is 0. The molecule has 4 atom stereocenters. The molecule has 0 radical (unpaired) electrons. The normalized spacial score (nSPS) is 14.3. The second-order valence-corrected chi connectivity index (χ2v) is 6.96. The van der Waals surface area contributed by atoms with Crippen molar-refractivity contribution in [2.75, 3.05) is 13.2 Å². The Bertz CT molecular complexity index is 861. The summed E-state index contributed by atoms with van der Waals surface area (Å²) in [5.74, 6) is -6.18. The van der Waals surface area contributed by atoms with Gasteiger partial charge in [0.25, 0.3) is 0 Å². The number of hydrogen-bond donors (Lipinski definition) is 9. The molecule has 10 N–H and O–H groups in total. The highest BCUT2D eigenvalue weighted by Crippen LogP contribution is 2.12. The molecular weight excluding hydrogens is 444 g/mol. The standard InChI is InChI=1S/C19H26N4O10/c20-11(7-24)16(29)23-14(8-25)18(31)21-12(5-9-1-3-10(26)4-2-9)17(30)22-13(19(32)33)6-15(27)28/h1-4,11-14,24-26H,5-8,20H2,(H,21,31)(H,22,30)(H,23,29)(H,27,28)(H,32,33). The topological polar surface area (TPSA) is 249 Å². The molecule has 0 aliphatic heterocycles. The quantitative estimate of drug-likeness (QED) is 0.135. The summed E-state index contributed by atoms with van der Waals surface area (Å²) in [4.78, 5) is 59.2. The third kappa shape index (κ3) is 9.10. The van der Waals surface area contributed by atoms with E-state index in [1.54, 1.807) is 0 Å². The first-order valence-corrected chi connectivity index (χ1v) is 9.59. The number of amides is 3. The van der Waals surface area contributed by atoms with E-state index in [1.807, 2.05) is 5.32 Å². The Hall–Kier alpha value is -3.75. The number of carboxylic acid groups (broad SMARTS) is 2. The van der Waals surface area contributed by atoms with Gasteiger partial charge in [0.2, 0.25) is 17.7 Å². The highest BCUT2D eigenvalue weighted by molar-refractivity contribution is 5.94. The van der Waals surface area contributed by atoms with Crippen molar-refractivity contribution < 1.29 is 49.5 Å². The number of benzene rings is 1. The van der Waals surface area contributed by atoms with Crippen molar-refractivity contribution in [1.82, 2.24) is 16.0 Å². The molecule has 14 heteroatoms. The summed E-state index contributed by atoms with van der Waals surface area (Å²) in [5.41, 5.74) is 5.78. The lowest BCUT2D eigenvalue weighted by Crippen LogP contribution is -2.59. The maximum Gasteiger partial charge on any atom is 0.326 e. The van der Waals surface area contributed by atoms with Gasteiger partial charge in [0.15, 0.2) is 0 Å². The SMILES string of the molecule is NC(CO)C(=O)NC(CO)C(=O)NC(Cc1ccc(O)cc1)C(=O)NC(CC(=O)O)C(=O)O. The number of aliphatic carboxylic acids is 2. The van der Waals surface area contributed by atoms with Crippen LogP contribution in [0.2, 0.25) is 0 Å². The van der Waals surface area contributed by atoms with Crippen LogP contribution >= 0.6 is 0 Å². The van der Waals surface area contributed by atoms with E-state index in [0.29, 0.717) is 5.56 Å². The number of phenolic OH excluding ortho intramolecular Hbond substituents is 1. The fourth-order valence-corrected chi connectivity index (χ4v) is 2.55. The first kappa shape index (κ1) is 27.3. The second-order valence-electron chi connectivity index (χ2n) is 6.96. The van der Waals surface area contributed by atoms with Gasteiger partial charge in [-0.3, -0.25) is 19.2 Å². The Morgan fingerprint density at radius 3 is 1.79 bits per heavy atom. The maximum atomic E-state index is 12.7. The van der Waals surface area contributed by atoms with Crippen molar-refractivity contribution in [1.29, 1.82) is 0 Å². The van der Waals surface area contributed by atoms with Gasteiger partial charge in [-0.25, -0.2) is 4.79 Å². The highest BCUT2D eigenvalue weighted by Gasteiger charge is 2.31. The number of nitrogens with two attached hydrogens (primary N) is 1. The van der Waals surface area contributed by atoms with E-state index in [4.69, 9.17) is 21.1 Å². The molecule has 0 aliphatic rings. The Morgan fingerprint density at radius 1 is 0.788 bits per heavy atom. The molecule has 0 saturated heterocycles. The van der Waals surface area contributed by atoms with E-state index in [9.17, 15) is 34.2 Å². The van der Waals surface area contributed by atoms with Crippen molar-refractivity contribution in [2.45, 2.75) is 37.0 Å². The smallest absolute Gasteiger partial charge is 0.326 e. The Balaban J connectivity index is 3.07. The Labute approximate surface area is 187 Å². The molecule has 182 valence electrons. The Morgan fingerprint density at radius 2 is 1.30 bits per heavy atom. The van der Waals surface area contributed by atoms with E-state index >= 15 is 0 Å². The molecule has 0 heterocycles. The number of hydrogen-bond acceptors (Lipinski definition) is 9. The number of aliphatic hydroxyl groups is 2. The number of aliphatic hydroxyl groups excluding tert-OH is 2. The minimum atomic E-state index is -1.79. The fraction of sp³-hybridized carbons (Fsp3) is 0.421. The average molecular weight is 470 g/mol. The zero-order valence-corrected chi connectivity index (χ0v) is 17.3. The summed E-state index contributed by atoms with van der Waals surface area (Å²) in [5, 5.41) is 52.1. The van der Waals surface area contributed by atoms with E-state index in [-0.39, 0.29) is 12.2 Å². The van der Waals surface area contributed by atoms with Crippen molar-refractivity contribution in [3.63, 3.8) is 0 Å². The molecule has 0 fully saturated rings. The highest BCUT2D eigenvalue weighted by atomic mass is 16.4. The van der Waals surface area contributed by atoms with E-state index in [2.05, 4.69) is 10.6 Å². The van der Waals surface area contributed by atoms with Gasteiger partial charge < -0.3 is 47.2 Å². The first-order chi connectivity index (χ1) is 15.5. The number of carbonyl (C=O) groups is 5. The lowest BCUT2D eigenvalue weighted by Gasteiger charge is -2.24. The van der Waals surface area contributed by atoms with Crippen LogP contribution < -0.4 is 21.7 Å². The van der Waals surface area contributed by atoms with E-state index < -0.39 is 73.5 Å². The summed E-state index contributed by atoms with van der Waals surface area (Å²) in [6, 6.07) is -0.679. The van der Waals surface area contributed by atoms with Crippen molar-refractivity contribution in [3.8, 4) is 5.75 Å². The summed E-state index contributed by atoms with van der Waals surface area (Å²) in [6.45, 7) is -1.61. The van der Waals surface area contributed by atoms with Crippen molar-refractivity contribution >= 4 is 29.7 Å². The summed E-state index contributed by atoms with van der Waals surface area (Å²) in [7, 11) is 0. The van der Waals surface area contributed by atoms with Crippen LogP contribution in [0.15, 0.2) is 24.3 Å². The van der Waals surface area contributed by atoms with Crippen molar-refractivity contribution in [3.05, 3.63) is 29.8 Å². The van der Waals surface area contributed by atoms with Gasteiger partial charge in [-0.1, -0.05) is 12.1 Å². The minimum Gasteiger partial charge on any atom is -0.508 e. The molecule has 33 heavy (non-hydrogen) atoms. The molecule has 0 bridgehead atoms. The number of aromatic hydroxyl groups is 1. The first-order valence-electron chi connectivity index (χ1n) is 9.59. The van der Waals surface area contributed by atoms with E-state index in [0.717, 1.165) is 0 Å². The molecule has 14 nitrogen and oxygen atoms in total. The van der Waals surface area contributed by atoms with Gasteiger partial charge in [-0.15, -0.1) is 0 Å². The zero-order chi connectivity index (χ0) is 25.1. The van der Waals surface area contributed by atoms with E-state index in [1.165, 1.54) is 24.3 Å². The van der Waals surface area contributed by atoms with Crippen molar-refractivity contribution in [2.24, 2.45) is 5.73 Å². The molecular formula is C19H26N4O10. The number of phenols is 1. The minimum absolute atomic E-state index is 0.0699. The van der Waals surface area contributed by atoms with Crippen LogP contribution in [0.5, 0.6) is 5.75 Å². The average Bonchev–Trinajstić information content (AvgIpc) is 2.76. The predicted octanol–water partition coefficient (Wildman–Crippen LogP) is -3.74. The zero-order valence-electron chi connectivity index (χ0n) is 17.3. The third-order valence-electron chi connectivity index (χ3n) is 4.35. The molecule has 1 aromatic rings. The van der Waals surface area contributed by atoms with Gasteiger partial charge >= 0.3 is 11.9 Å². The van der Waals surface area contributed by atoms with Crippen LogP contribution in [0, 0.1) is 0 Å². The molecule has 1 aromatic carbocycles. The third-order valence-corrected chi connectivity index (χ3v) is 4.35. The molecule has 0 saturated carbocycles.